The fourth-order valence-corrected chi connectivity index (χ4v) is 2.76. The van der Waals surface area contributed by atoms with Crippen molar-refractivity contribution in [3.8, 4) is 0 Å². The average Bonchev–Trinajstić information content (AvgIpc) is 2.99. The molecule has 1 aliphatic heterocycles. The minimum absolute atomic E-state index is 0.0818. The molecule has 0 bridgehead atoms. The molecule has 126 valence electrons. The first-order valence-electron chi connectivity index (χ1n) is 8.15. The minimum atomic E-state index is -0.320. The van der Waals surface area contributed by atoms with Crippen LogP contribution in [0, 0.1) is 0 Å². The molecule has 1 aromatic carbocycles. The van der Waals surface area contributed by atoms with E-state index in [4.69, 9.17) is 4.42 Å². The molecule has 24 heavy (non-hydrogen) atoms. The van der Waals surface area contributed by atoms with E-state index in [-0.39, 0.29) is 24.0 Å². The molecule has 0 unspecified atom stereocenters. The van der Waals surface area contributed by atoms with Gasteiger partial charge in [0.25, 0.3) is 5.91 Å². The van der Waals surface area contributed by atoms with Gasteiger partial charge in [-0.25, -0.2) is 0 Å². The predicted octanol–water partition coefficient (Wildman–Crippen LogP) is 1.90. The summed E-state index contributed by atoms with van der Waals surface area (Å²) >= 11 is 0. The van der Waals surface area contributed by atoms with Crippen molar-refractivity contribution >= 4 is 17.5 Å². The van der Waals surface area contributed by atoms with E-state index in [1.165, 1.54) is 6.26 Å². The van der Waals surface area contributed by atoms with Gasteiger partial charge < -0.3 is 20.0 Å². The summed E-state index contributed by atoms with van der Waals surface area (Å²) in [6.45, 7) is 3.26. The number of nitrogens with zero attached hydrogens (tertiary/aromatic N) is 1. The molecule has 1 aromatic heterocycles. The number of carbonyl (C=O) groups excluding carboxylic acids is 2. The van der Waals surface area contributed by atoms with Crippen LogP contribution in [0.15, 0.2) is 47.1 Å². The third-order valence-electron chi connectivity index (χ3n) is 4.04. The molecule has 2 amide bonds. The Hall–Kier alpha value is -2.60. The first-order valence-corrected chi connectivity index (χ1v) is 8.15. The zero-order valence-corrected chi connectivity index (χ0v) is 13.5. The fourth-order valence-electron chi connectivity index (χ4n) is 2.76. The van der Waals surface area contributed by atoms with Crippen LogP contribution in [0.1, 0.15) is 22.5 Å². The van der Waals surface area contributed by atoms with E-state index in [2.05, 4.69) is 10.6 Å². The van der Waals surface area contributed by atoms with E-state index < -0.39 is 0 Å². The van der Waals surface area contributed by atoms with Crippen LogP contribution in [-0.2, 0) is 11.2 Å². The van der Waals surface area contributed by atoms with Crippen molar-refractivity contribution in [1.82, 2.24) is 10.2 Å². The molecular weight excluding hydrogens is 306 g/mol. The van der Waals surface area contributed by atoms with Crippen LogP contribution in [0.5, 0.6) is 0 Å². The zero-order valence-electron chi connectivity index (χ0n) is 13.5. The van der Waals surface area contributed by atoms with Crippen LogP contribution in [0.3, 0.4) is 0 Å². The van der Waals surface area contributed by atoms with Crippen molar-refractivity contribution < 1.29 is 14.0 Å². The Morgan fingerprint density at radius 3 is 2.83 bits per heavy atom. The number of benzene rings is 1. The van der Waals surface area contributed by atoms with E-state index in [1.54, 1.807) is 18.2 Å². The van der Waals surface area contributed by atoms with Crippen molar-refractivity contribution in [3.05, 3.63) is 54.0 Å². The van der Waals surface area contributed by atoms with Crippen LogP contribution in [0.25, 0.3) is 0 Å². The van der Waals surface area contributed by atoms with Gasteiger partial charge in [-0.1, -0.05) is 18.2 Å². The highest BCUT2D eigenvalue weighted by atomic mass is 16.3. The topological polar surface area (TPSA) is 74.6 Å². The molecule has 0 atom stereocenters. The molecule has 1 saturated heterocycles. The Kier molecular flexibility index (Phi) is 5.28. The first-order chi connectivity index (χ1) is 11.7. The Bertz CT molecular complexity index is 689. The molecular formula is C18H21N3O3. The summed E-state index contributed by atoms with van der Waals surface area (Å²) in [5.74, 6) is 0.00647. The van der Waals surface area contributed by atoms with Crippen LogP contribution in [-0.4, -0.2) is 42.9 Å². The first kappa shape index (κ1) is 16.3. The monoisotopic (exact) mass is 327 g/mol. The number of hydrogen-bond acceptors (Lipinski definition) is 4. The van der Waals surface area contributed by atoms with Crippen molar-refractivity contribution in [1.29, 1.82) is 0 Å². The average molecular weight is 327 g/mol. The second-order valence-corrected chi connectivity index (χ2v) is 5.75. The predicted molar refractivity (Wildman–Crippen MR) is 90.9 cm³/mol. The van der Waals surface area contributed by atoms with Gasteiger partial charge >= 0.3 is 0 Å². The molecule has 2 aromatic rings. The van der Waals surface area contributed by atoms with Crippen molar-refractivity contribution in [2.75, 3.05) is 31.5 Å². The lowest BCUT2D eigenvalue weighted by Gasteiger charge is -2.20. The number of carbonyl (C=O) groups is 2. The van der Waals surface area contributed by atoms with Crippen molar-refractivity contribution in [3.63, 3.8) is 0 Å². The molecule has 2 N–H and O–H groups in total. The van der Waals surface area contributed by atoms with Crippen molar-refractivity contribution in [2.45, 2.75) is 12.8 Å². The van der Waals surface area contributed by atoms with E-state index in [9.17, 15) is 9.59 Å². The maximum Gasteiger partial charge on any atom is 0.291 e. The van der Waals surface area contributed by atoms with E-state index in [0.29, 0.717) is 5.69 Å². The van der Waals surface area contributed by atoms with E-state index in [1.807, 2.05) is 23.1 Å². The van der Waals surface area contributed by atoms with Gasteiger partial charge in [-0.05, 0) is 36.7 Å². The molecule has 0 aliphatic carbocycles. The Balaban J connectivity index is 1.69. The zero-order chi connectivity index (χ0) is 16.8. The minimum Gasteiger partial charge on any atom is -0.459 e. The molecule has 0 saturated carbocycles. The normalized spacial score (nSPS) is 14.9. The summed E-state index contributed by atoms with van der Waals surface area (Å²) in [6.07, 6.45) is 2.69. The summed E-state index contributed by atoms with van der Waals surface area (Å²) in [7, 11) is 0. The summed E-state index contributed by atoms with van der Waals surface area (Å²) in [5, 5.41) is 6.11. The number of rotatable bonds is 4. The molecule has 6 nitrogen and oxygen atoms in total. The van der Waals surface area contributed by atoms with Crippen LogP contribution < -0.4 is 10.6 Å². The summed E-state index contributed by atoms with van der Waals surface area (Å²) in [6, 6.07) is 10.6. The molecule has 0 radical (unpaired) electrons. The van der Waals surface area contributed by atoms with Gasteiger partial charge in [0.2, 0.25) is 5.91 Å². The number of amides is 2. The largest absolute Gasteiger partial charge is 0.459 e. The number of furan rings is 1. The number of nitrogens with one attached hydrogen (secondary N) is 2. The smallest absolute Gasteiger partial charge is 0.291 e. The lowest BCUT2D eigenvalue weighted by atomic mass is 10.1. The quantitative estimate of drug-likeness (QED) is 0.899. The van der Waals surface area contributed by atoms with Gasteiger partial charge in [-0.15, -0.1) is 0 Å². The second-order valence-electron chi connectivity index (χ2n) is 5.75. The Morgan fingerprint density at radius 2 is 2.00 bits per heavy atom. The maximum absolute atomic E-state index is 12.6. The standard InChI is InChI=1S/C18H21N3O3/c22-17(21-10-4-8-19-9-11-21)13-14-5-1-2-6-15(14)20-18(23)16-7-3-12-24-16/h1-3,5-7,12,19H,4,8-11,13H2,(H,20,23). The van der Waals surface area contributed by atoms with Gasteiger partial charge in [0.1, 0.15) is 0 Å². The molecule has 6 heteroatoms. The van der Waals surface area contributed by atoms with Gasteiger partial charge in [0.05, 0.1) is 12.7 Å². The van der Waals surface area contributed by atoms with Crippen LogP contribution in [0.2, 0.25) is 0 Å². The van der Waals surface area contributed by atoms with Crippen molar-refractivity contribution in [2.24, 2.45) is 0 Å². The van der Waals surface area contributed by atoms with E-state index in [0.717, 1.165) is 38.2 Å². The van der Waals surface area contributed by atoms with Gasteiger partial charge in [-0.3, -0.25) is 9.59 Å². The highest BCUT2D eigenvalue weighted by Crippen LogP contribution is 2.18. The SMILES string of the molecule is O=C(Nc1ccccc1CC(=O)N1CCCNCC1)c1ccco1. The third-order valence-corrected chi connectivity index (χ3v) is 4.04. The van der Waals surface area contributed by atoms with Gasteiger partial charge in [-0.2, -0.15) is 0 Å². The summed E-state index contributed by atoms with van der Waals surface area (Å²) in [4.78, 5) is 26.6. The van der Waals surface area contributed by atoms with Crippen LogP contribution >= 0.6 is 0 Å². The Labute approximate surface area is 140 Å². The maximum atomic E-state index is 12.6. The third kappa shape index (κ3) is 4.02. The highest BCUT2D eigenvalue weighted by molar-refractivity contribution is 6.03. The molecule has 0 spiro atoms. The number of para-hydroxylation sites is 1. The summed E-state index contributed by atoms with van der Waals surface area (Å²) in [5.41, 5.74) is 1.44. The lowest BCUT2D eigenvalue weighted by molar-refractivity contribution is -0.130. The molecule has 1 fully saturated rings. The molecule has 1 aliphatic rings. The van der Waals surface area contributed by atoms with Crippen LogP contribution in [0.4, 0.5) is 5.69 Å². The fraction of sp³-hybridized carbons (Fsp3) is 0.333. The highest BCUT2D eigenvalue weighted by Gasteiger charge is 2.18. The summed E-state index contributed by atoms with van der Waals surface area (Å²) < 4.78 is 5.10. The van der Waals surface area contributed by atoms with Gasteiger partial charge in [0.15, 0.2) is 5.76 Å². The van der Waals surface area contributed by atoms with E-state index >= 15 is 0 Å². The molecule has 3 rings (SSSR count). The molecule has 2 heterocycles. The lowest BCUT2D eigenvalue weighted by Crippen LogP contribution is -2.35. The van der Waals surface area contributed by atoms with Gasteiger partial charge in [0, 0.05) is 25.3 Å². The Morgan fingerprint density at radius 1 is 1.12 bits per heavy atom. The number of hydrogen-bond donors (Lipinski definition) is 2. The number of anilines is 1. The second kappa shape index (κ2) is 7.79.